The van der Waals surface area contributed by atoms with Crippen LogP contribution in [0.4, 0.5) is 5.69 Å². The van der Waals surface area contributed by atoms with Crippen molar-refractivity contribution in [2.45, 2.75) is 64.6 Å². The summed E-state index contributed by atoms with van der Waals surface area (Å²) in [4.78, 5) is 14.9. The van der Waals surface area contributed by atoms with Gasteiger partial charge in [-0.25, -0.2) is 0 Å². The lowest BCUT2D eigenvalue weighted by molar-refractivity contribution is -0.130. The standard InChI is InChI=1S/C32H46N2O5/c1-32(2,31(35)33-3)21-23-7-13-29(27(19-23)25-9-11-26(37-5)12-10-25)39-22-24-8-14-30-28(20-24)34(16-18-38-30)15-6-17-36-4/h8-12,14,20,23,27,29H,6-7,13,15-19,21-22H2,1-5H3,(H,33,35)/t23-,27+,29-/m0/s1. The van der Waals surface area contributed by atoms with E-state index < -0.39 is 5.41 Å². The van der Waals surface area contributed by atoms with Crippen molar-refractivity contribution in [1.82, 2.24) is 5.32 Å². The zero-order chi connectivity index (χ0) is 27.8. The van der Waals surface area contributed by atoms with E-state index >= 15 is 0 Å². The van der Waals surface area contributed by atoms with E-state index in [4.69, 9.17) is 18.9 Å². The molecule has 1 N–H and O–H groups in total. The number of rotatable bonds is 12. The number of amides is 1. The topological polar surface area (TPSA) is 69.3 Å². The third kappa shape index (κ3) is 7.46. The van der Waals surface area contributed by atoms with Crippen LogP contribution in [0.25, 0.3) is 0 Å². The normalized spacial score (nSPS) is 21.2. The molecular formula is C32H46N2O5. The molecule has 1 amide bonds. The van der Waals surface area contributed by atoms with Crippen LogP contribution in [0.1, 0.15) is 63.0 Å². The second-order valence-electron chi connectivity index (χ2n) is 11.6. The van der Waals surface area contributed by atoms with Crippen LogP contribution in [0.5, 0.6) is 11.5 Å². The molecule has 2 aromatic rings. The molecule has 0 radical (unpaired) electrons. The van der Waals surface area contributed by atoms with E-state index in [0.717, 1.165) is 74.6 Å². The average Bonchev–Trinajstić information content (AvgIpc) is 2.96. The first kappa shape index (κ1) is 29.2. The molecule has 1 saturated carbocycles. The summed E-state index contributed by atoms with van der Waals surface area (Å²) >= 11 is 0. The van der Waals surface area contributed by atoms with E-state index in [-0.39, 0.29) is 17.9 Å². The molecule has 1 aliphatic heterocycles. The predicted molar refractivity (Wildman–Crippen MR) is 155 cm³/mol. The Balaban J connectivity index is 1.47. The van der Waals surface area contributed by atoms with Crippen molar-refractivity contribution in [1.29, 1.82) is 0 Å². The minimum atomic E-state index is -0.391. The number of hydrogen-bond donors (Lipinski definition) is 1. The summed E-state index contributed by atoms with van der Waals surface area (Å²) in [6.45, 7) is 7.96. The molecular weight excluding hydrogens is 492 g/mol. The summed E-state index contributed by atoms with van der Waals surface area (Å²) in [5.74, 6) is 2.63. The van der Waals surface area contributed by atoms with E-state index in [9.17, 15) is 4.79 Å². The highest BCUT2D eigenvalue weighted by molar-refractivity contribution is 5.81. The Morgan fingerprint density at radius 1 is 1.13 bits per heavy atom. The van der Waals surface area contributed by atoms with Gasteiger partial charge in [-0.1, -0.05) is 32.0 Å². The number of benzene rings is 2. The van der Waals surface area contributed by atoms with E-state index in [1.807, 2.05) is 12.1 Å². The van der Waals surface area contributed by atoms with E-state index in [2.05, 4.69) is 54.4 Å². The first-order valence-electron chi connectivity index (χ1n) is 14.3. The minimum absolute atomic E-state index is 0.106. The van der Waals surface area contributed by atoms with Crippen molar-refractivity contribution >= 4 is 11.6 Å². The minimum Gasteiger partial charge on any atom is -0.497 e. The lowest BCUT2D eigenvalue weighted by atomic mass is 9.70. The zero-order valence-electron chi connectivity index (χ0n) is 24.3. The van der Waals surface area contributed by atoms with Gasteiger partial charge < -0.3 is 29.2 Å². The molecule has 7 heteroatoms. The molecule has 0 aromatic heterocycles. The van der Waals surface area contributed by atoms with E-state index in [1.165, 1.54) is 5.56 Å². The highest BCUT2D eigenvalue weighted by Crippen LogP contribution is 2.43. The lowest BCUT2D eigenvalue weighted by Crippen LogP contribution is -2.38. The molecule has 0 spiro atoms. The van der Waals surface area contributed by atoms with Crippen LogP contribution >= 0.6 is 0 Å². The monoisotopic (exact) mass is 538 g/mol. The predicted octanol–water partition coefficient (Wildman–Crippen LogP) is 5.56. The summed E-state index contributed by atoms with van der Waals surface area (Å²) in [5, 5.41) is 2.84. The van der Waals surface area contributed by atoms with Crippen LogP contribution in [-0.2, 0) is 20.9 Å². The Labute approximate surface area is 234 Å². The molecule has 2 aliphatic rings. The number of anilines is 1. The molecule has 2 aromatic carbocycles. The summed E-state index contributed by atoms with van der Waals surface area (Å²) in [7, 11) is 5.17. The summed E-state index contributed by atoms with van der Waals surface area (Å²) < 4.78 is 23.3. The average molecular weight is 539 g/mol. The molecule has 0 bridgehead atoms. The van der Waals surface area contributed by atoms with Gasteiger partial charge in [0.1, 0.15) is 18.1 Å². The van der Waals surface area contributed by atoms with Gasteiger partial charge in [-0.05, 0) is 73.4 Å². The van der Waals surface area contributed by atoms with E-state index in [0.29, 0.717) is 19.1 Å². The summed E-state index contributed by atoms with van der Waals surface area (Å²) in [6.07, 6.45) is 5.01. The SMILES string of the molecule is CNC(=O)C(C)(C)C[C@H]1CC[C@H](OCc2ccc3c(c2)N(CCCOC)CCO3)[C@@H](c2ccc(OC)cc2)C1. The van der Waals surface area contributed by atoms with Crippen LogP contribution in [0.2, 0.25) is 0 Å². The van der Waals surface area contributed by atoms with Crippen LogP contribution in [0, 0.1) is 11.3 Å². The first-order valence-corrected chi connectivity index (χ1v) is 14.3. The number of methoxy groups -OCH3 is 2. The number of carbonyl (C=O) groups excluding carboxylic acids is 1. The Morgan fingerprint density at radius 2 is 1.92 bits per heavy atom. The molecule has 39 heavy (non-hydrogen) atoms. The fourth-order valence-corrected chi connectivity index (χ4v) is 6.21. The Kier molecular flexibility index (Phi) is 10.1. The molecule has 3 atom stereocenters. The Bertz CT molecular complexity index is 1070. The first-order chi connectivity index (χ1) is 18.8. The van der Waals surface area contributed by atoms with Gasteiger partial charge in [0.25, 0.3) is 0 Å². The fraction of sp³-hybridized carbons (Fsp3) is 0.594. The maximum absolute atomic E-state index is 12.5. The van der Waals surface area contributed by atoms with Gasteiger partial charge in [0.2, 0.25) is 5.91 Å². The maximum Gasteiger partial charge on any atom is 0.225 e. The third-order valence-corrected chi connectivity index (χ3v) is 8.30. The van der Waals surface area contributed by atoms with Crippen molar-refractivity contribution < 1.29 is 23.7 Å². The second-order valence-corrected chi connectivity index (χ2v) is 11.6. The zero-order valence-corrected chi connectivity index (χ0v) is 24.3. The van der Waals surface area contributed by atoms with Gasteiger partial charge in [-0.2, -0.15) is 0 Å². The molecule has 1 heterocycles. The van der Waals surface area contributed by atoms with Crippen molar-refractivity contribution in [2.24, 2.45) is 11.3 Å². The number of nitrogens with zero attached hydrogens (tertiary/aromatic N) is 1. The number of ether oxygens (including phenoxy) is 4. The van der Waals surface area contributed by atoms with Crippen molar-refractivity contribution in [3.63, 3.8) is 0 Å². The van der Waals surface area contributed by atoms with Gasteiger partial charge in [0.15, 0.2) is 0 Å². The van der Waals surface area contributed by atoms with Crippen LogP contribution in [-0.4, -0.2) is 59.6 Å². The van der Waals surface area contributed by atoms with Gasteiger partial charge >= 0.3 is 0 Å². The van der Waals surface area contributed by atoms with Gasteiger partial charge in [0.05, 0.1) is 32.1 Å². The molecule has 7 nitrogen and oxygen atoms in total. The quantitative estimate of drug-likeness (QED) is 0.357. The molecule has 4 rings (SSSR count). The number of nitrogens with one attached hydrogen (secondary N) is 1. The van der Waals surface area contributed by atoms with E-state index in [1.54, 1.807) is 21.3 Å². The Morgan fingerprint density at radius 3 is 2.64 bits per heavy atom. The lowest BCUT2D eigenvalue weighted by Gasteiger charge is -2.39. The van der Waals surface area contributed by atoms with Crippen LogP contribution in [0.3, 0.4) is 0 Å². The molecule has 0 unspecified atom stereocenters. The highest BCUT2D eigenvalue weighted by atomic mass is 16.5. The van der Waals surface area contributed by atoms with Crippen LogP contribution < -0.4 is 19.7 Å². The third-order valence-electron chi connectivity index (χ3n) is 8.30. The highest BCUT2D eigenvalue weighted by Gasteiger charge is 2.37. The molecule has 1 fully saturated rings. The Hall–Kier alpha value is -2.77. The molecule has 0 saturated heterocycles. The largest absolute Gasteiger partial charge is 0.497 e. The van der Waals surface area contributed by atoms with Gasteiger partial charge in [-0.3, -0.25) is 4.79 Å². The number of hydrogen-bond acceptors (Lipinski definition) is 6. The van der Waals surface area contributed by atoms with Gasteiger partial charge in [-0.15, -0.1) is 0 Å². The fourth-order valence-electron chi connectivity index (χ4n) is 6.21. The maximum atomic E-state index is 12.5. The smallest absolute Gasteiger partial charge is 0.225 e. The summed E-state index contributed by atoms with van der Waals surface area (Å²) in [5.41, 5.74) is 3.18. The van der Waals surface area contributed by atoms with Crippen molar-refractivity contribution in [3.8, 4) is 11.5 Å². The second kappa shape index (κ2) is 13.5. The molecule has 1 aliphatic carbocycles. The summed E-state index contributed by atoms with van der Waals surface area (Å²) in [6, 6.07) is 14.8. The number of fused-ring (bicyclic) bond motifs is 1. The molecule has 214 valence electrons. The van der Waals surface area contributed by atoms with Gasteiger partial charge in [0, 0.05) is 38.6 Å². The number of carbonyl (C=O) groups is 1. The van der Waals surface area contributed by atoms with Crippen LogP contribution in [0.15, 0.2) is 42.5 Å². The van der Waals surface area contributed by atoms with Crippen molar-refractivity contribution in [2.75, 3.05) is 52.5 Å². The van der Waals surface area contributed by atoms with Crippen molar-refractivity contribution in [3.05, 3.63) is 53.6 Å².